The molecule has 0 fully saturated rings. The predicted octanol–water partition coefficient (Wildman–Crippen LogP) is 4.93. The Kier molecular flexibility index (Phi) is 12.0. The van der Waals surface area contributed by atoms with Crippen molar-refractivity contribution >= 4 is 5.97 Å². The van der Waals surface area contributed by atoms with Crippen LogP contribution in [0.1, 0.15) is 71.1 Å². The predicted molar refractivity (Wildman–Crippen MR) is 73.0 cm³/mol. The largest absolute Gasteiger partial charge is 0.428 e. The fourth-order valence-electron chi connectivity index (χ4n) is 1.85. The Morgan fingerprint density at radius 2 is 1.61 bits per heavy atom. The van der Waals surface area contributed by atoms with Gasteiger partial charge in [-0.2, -0.15) is 0 Å². The van der Waals surface area contributed by atoms with Crippen molar-refractivity contribution < 1.29 is 13.9 Å². The van der Waals surface area contributed by atoms with Crippen molar-refractivity contribution in [2.24, 2.45) is 0 Å². The van der Waals surface area contributed by atoms with E-state index in [4.69, 9.17) is 0 Å². The summed E-state index contributed by atoms with van der Waals surface area (Å²) in [4.78, 5) is 10.7. The molecule has 0 aromatic rings. The Hall–Kier alpha value is -0.860. The minimum absolute atomic E-state index is 0.301. The number of carbonyl (C=O) groups excluding carboxylic acids is 1. The lowest BCUT2D eigenvalue weighted by Crippen LogP contribution is -2.11. The number of alkyl halides is 1. The summed E-state index contributed by atoms with van der Waals surface area (Å²) in [5.41, 5.74) is 0. The number of rotatable bonds is 12. The van der Waals surface area contributed by atoms with Crippen LogP contribution in [-0.4, -0.2) is 12.3 Å². The van der Waals surface area contributed by atoms with Crippen LogP contribution in [0, 0.1) is 0 Å². The van der Waals surface area contributed by atoms with E-state index in [9.17, 15) is 9.18 Å². The third-order valence-corrected chi connectivity index (χ3v) is 2.95. The highest BCUT2D eigenvalue weighted by atomic mass is 19.1. The molecule has 3 heteroatoms. The van der Waals surface area contributed by atoms with Gasteiger partial charge in [-0.05, 0) is 6.42 Å². The Labute approximate surface area is 111 Å². The van der Waals surface area contributed by atoms with Gasteiger partial charge in [-0.15, -0.1) is 0 Å². The van der Waals surface area contributed by atoms with Crippen LogP contribution in [0.3, 0.4) is 0 Å². The van der Waals surface area contributed by atoms with E-state index >= 15 is 0 Å². The average molecular weight is 258 g/mol. The van der Waals surface area contributed by atoms with Crippen LogP contribution in [0.4, 0.5) is 4.39 Å². The zero-order chi connectivity index (χ0) is 13.6. The van der Waals surface area contributed by atoms with Crippen molar-refractivity contribution in [3.8, 4) is 0 Å². The first-order valence-corrected chi connectivity index (χ1v) is 7.17. The van der Waals surface area contributed by atoms with Gasteiger partial charge in [-0.1, -0.05) is 64.9 Å². The van der Waals surface area contributed by atoms with Gasteiger partial charge in [0.15, 0.2) is 0 Å². The van der Waals surface area contributed by atoms with E-state index in [0.29, 0.717) is 6.42 Å². The maximum Gasteiger partial charge on any atom is 0.332 e. The molecule has 0 aromatic carbocycles. The molecular formula is C15H27FO2. The third-order valence-electron chi connectivity index (χ3n) is 2.95. The van der Waals surface area contributed by atoms with Gasteiger partial charge in [-0.3, -0.25) is 0 Å². The highest BCUT2D eigenvalue weighted by Gasteiger charge is 2.09. The SMILES string of the molecule is C=CC(=O)OC(F)CCCCCCCCCCC. The van der Waals surface area contributed by atoms with Crippen LogP contribution in [0.25, 0.3) is 0 Å². The summed E-state index contributed by atoms with van der Waals surface area (Å²) in [5.74, 6) is -0.682. The van der Waals surface area contributed by atoms with E-state index in [2.05, 4.69) is 18.2 Å². The number of halogens is 1. The van der Waals surface area contributed by atoms with Gasteiger partial charge in [0.1, 0.15) is 0 Å². The second-order valence-electron chi connectivity index (χ2n) is 4.67. The van der Waals surface area contributed by atoms with E-state index in [0.717, 1.165) is 25.3 Å². The molecule has 0 saturated carbocycles. The minimum atomic E-state index is -1.47. The zero-order valence-corrected chi connectivity index (χ0v) is 11.6. The molecule has 0 aliphatic heterocycles. The maximum atomic E-state index is 13.1. The van der Waals surface area contributed by atoms with Crippen LogP contribution in [-0.2, 0) is 9.53 Å². The molecule has 2 nitrogen and oxygen atoms in total. The Balaban J connectivity index is 3.19. The van der Waals surface area contributed by atoms with Crippen LogP contribution in [0.5, 0.6) is 0 Å². The number of carbonyl (C=O) groups is 1. The quantitative estimate of drug-likeness (QED) is 0.282. The Morgan fingerprint density at radius 1 is 1.11 bits per heavy atom. The van der Waals surface area contributed by atoms with E-state index < -0.39 is 12.3 Å². The summed E-state index contributed by atoms with van der Waals surface area (Å²) in [6.45, 7) is 5.44. The van der Waals surface area contributed by atoms with E-state index in [1.165, 1.54) is 38.5 Å². The van der Waals surface area contributed by atoms with E-state index in [1.807, 2.05) is 0 Å². The van der Waals surface area contributed by atoms with Gasteiger partial charge in [0.25, 0.3) is 0 Å². The van der Waals surface area contributed by atoms with Gasteiger partial charge in [0.2, 0.25) is 6.36 Å². The zero-order valence-electron chi connectivity index (χ0n) is 11.6. The summed E-state index contributed by atoms with van der Waals surface area (Å²) in [5, 5.41) is 0. The van der Waals surface area contributed by atoms with Crippen molar-refractivity contribution in [2.45, 2.75) is 77.5 Å². The number of unbranched alkanes of at least 4 members (excludes halogenated alkanes) is 8. The van der Waals surface area contributed by atoms with Crippen LogP contribution in [0.2, 0.25) is 0 Å². The second kappa shape index (κ2) is 12.6. The molecule has 0 aromatic heterocycles. The standard InChI is InChI=1S/C15H27FO2/c1-3-5-6-7-8-9-10-11-12-13-14(16)18-15(17)4-2/h4,14H,2-3,5-13H2,1H3. The van der Waals surface area contributed by atoms with Crippen molar-refractivity contribution in [1.82, 2.24) is 0 Å². The monoisotopic (exact) mass is 258 g/mol. The molecule has 0 aliphatic carbocycles. The summed E-state index contributed by atoms with van der Waals surface area (Å²) < 4.78 is 17.5. The topological polar surface area (TPSA) is 26.3 Å². The Bertz CT molecular complexity index is 217. The summed E-state index contributed by atoms with van der Waals surface area (Å²) in [6.07, 6.45) is 10.5. The fourth-order valence-corrected chi connectivity index (χ4v) is 1.85. The summed E-state index contributed by atoms with van der Waals surface area (Å²) in [7, 11) is 0. The molecule has 0 amide bonds. The van der Waals surface area contributed by atoms with Crippen LogP contribution in [0.15, 0.2) is 12.7 Å². The second-order valence-corrected chi connectivity index (χ2v) is 4.67. The third kappa shape index (κ3) is 11.6. The molecule has 0 radical (unpaired) electrons. The highest BCUT2D eigenvalue weighted by molar-refractivity contribution is 5.81. The molecule has 1 atom stereocenters. The van der Waals surface area contributed by atoms with Gasteiger partial charge in [0.05, 0.1) is 0 Å². The molecule has 106 valence electrons. The lowest BCUT2D eigenvalue weighted by atomic mass is 10.1. The highest BCUT2D eigenvalue weighted by Crippen LogP contribution is 2.12. The first-order chi connectivity index (χ1) is 8.70. The molecule has 0 rings (SSSR count). The minimum Gasteiger partial charge on any atom is -0.428 e. The summed E-state index contributed by atoms with van der Waals surface area (Å²) in [6, 6.07) is 0. The van der Waals surface area contributed by atoms with Gasteiger partial charge in [0, 0.05) is 12.5 Å². The molecule has 0 aliphatic rings. The van der Waals surface area contributed by atoms with Crippen LogP contribution >= 0.6 is 0 Å². The molecular weight excluding hydrogens is 231 g/mol. The average Bonchev–Trinajstić information content (AvgIpc) is 2.36. The van der Waals surface area contributed by atoms with Gasteiger partial charge >= 0.3 is 5.97 Å². The molecule has 0 saturated heterocycles. The van der Waals surface area contributed by atoms with E-state index in [1.54, 1.807) is 0 Å². The van der Waals surface area contributed by atoms with E-state index in [-0.39, 0.29) is 0 Å². The smallest absolute Gasteiger partial charge is 0.332 e. The molecule has 0 N–H and O–H groups in total. The van der Waals surface area contributed by atoms with Crippen molar-refractivity contribution in [3.05, 3.63) is 12.7 Å². The fraction of sp³-hybridized carbons (Fsp3) is 0.800. The van der Waals surface area contributed by atoms with Gasteiger partial charge < -0.3 is 4.74 Å². The molecule has 18 heavy (non-hydrogen) atoms. The van der Waals surface area contributed by atoms with Gasteiger partial charge in [-0.25, -0.2) is 9.18 Å². The molecule has 0 spiro atoms. The van der Waals surface area contributed by atoms with Crippen molar-refractivity contribution in [1.29, 1.82) is 0 Å². The summed E-state index contributed by atoms with van der Waals surface area (Å²) >= 11 is 0. The lowest BCUT2D eigenvalue weighted by Gasteiger charge is -2.07. The number of hydrogen-bond acceptors (Lipinski definition) is 2. The first kappa shape index (κ1) is 17.1. The number of ether oxygens (including phenoxy) is 1. The lowest BCUT2D eigenvalue weighted by molar-refractivity contribution is -0.152. The molecule has 0 heterocycles. The maximum absolute atomic E-state index is 13.1. The van der Waals surface area contributed by atoms with Crippen molar-refractivity contribution in [2.75, 3.05) is 0 Å². The van der Waals surface area contributed by atoms with Crippen LogP contribution < -0.4 is 0 Å². The number of esters is 1. The van der Waals surface area contributed by atoms with Crippen molar-refractivity contribution in [3.63, 3.8) is 0 Å². The first-order valence-electron chi connectivity index (χ1n) is 7.17. The molecule has 0 bridgehead atoms. The normalized spacial score (nSPS) is 12.1. The number of hydrogen-bond donors (Lipinski definition) is 0. The molecule has 1 unspecified atom stereocenters. The Morgan fingerprint density at radius 3 is 2.11 bits per heavy atom.